The van der Waals surface area contributed by atoms with Gasteiger partial charge in [0, 0.05) is 25.6 Å². The molecule has 1 aliphatic heterocycles. The molecule has 2 aliphatic rings. The molecule has 2 rings (SSSR count). The Hall–Kier alpha value is -1.84. The van der Waals surface area contributed by atoms with E-state index in [9.17, 15) is 9.59 Å². The molecule has 1 saturated heterocycles. The van der Waals surface area contributed by atoms with Crippen LogP contribution in [0, 0.1) is 23.7 Å². The quantitative estimate of drug-likeness (QED) is 0.579. The number of carbonyl (C=O) groups excluding carboxylic acids is 2. The van der Waals surface area contributed by atoms with Crippen LogP contribution in [-0.4, -0.2) is 47.3 Å². The molecule has 4 atom stereocenters. The van der Waals surface area contributed by atoms with Crippen LogP contribution >= 0.6 is 0 Å². The zero-order chi connectivity index (χ0) is 21.0. The summed E-state index contributed by atoms with van der Waals surface area (Å²) < 4.78 is 0. The Morgan fingerprint density at radius 1 is 1.14 bits per heavy atom. The van der Waals surface area contributed by atoms with Crippen LogP contribution in [0.15, 0.2) is 36.5 Å². The average molecular weight is 387 g/mol. The maximum absolute atomic E-state index is 13.4. The summed E-state index contributed by atoms with van der Waals surface area (Å²) in [6.45, 7) is 15.0. The minimum absolute atomic E-state index is 0.0268. The summed E-state index contributed by atoms with van der Waals surface area (Å²) in [6.07, 6.45) is 10.3. The van der Waals surface area contributed by atoms with E-state index < -0.39 is 0 Å². The predicted molar refractivity (Wildman–Crippen MR) is 116 cm³/mol. The molecule has 28 heavy (non-hydrogen) atoms. The highest BCUT2D eigenvalue weighted by Crippen LogP contribution is 2.46. The summed E-state index contributed by atoms with van der Waals surface area (Å²) in [4.78, 5) is 30.3. The number of rotatable bonds is 8. The summed E-state index contributed by atoms with van der Waals surface area (Å²) in [5, 5.41) is 0. The molecule has 156 valence electrons. The normalized spacial score (nSPS) is 28.6. The Balaban J connectivity index is 2.17. The van der Waals surface area contributed by atoms with Crippen LogP contribution < -0.4 is 0 Å². The first kappa shape index (κ1) is 22.4. The molecule has 0 radical (unpaired) electrons. The molecule has 2 amide bonds. The van der Waals surface area contributed by atoms with Gasteiger partial charge in [0.05, 0.1) is 0 Å². The van der Waals surface area contributed by atoms with Crippen molar-refractivity contribution < 1.29 is 9.59 Å². The second-order valence-corrected chi connectivity index (χ2v) is 9.35. The van der Waals surface area contributed by atoms with Crippen LogP contribution in [0.2, 0.25) is 0 Å². The van der Waals surface area contributed by atoms with Gasteiger partial charge < -0.3 is 9.80 Å². The second-order valence-electron chi connectivity index (χ2n) is 9.35. The third-order valence-electron chi connectivity index (χ3n) is 5.98. The van der Waals surface area contributed by atoms with E-state index in [-0.39, 0.29) is 29.8 Å². The number of hydrogen-bond donors (Lipinski definition) is 0. The molecule has 0 aromatic heterocycles. The van der Waals surface area contributed by atoms with Gasteiger partial charge in [-0.25, -0.2) is 0 Å². The van der Waals surface area contributed by atoms with Crippen LogP contribution in [0.3, 0.4) is 0 Å². The van der Waals surface area contributed by atoms with Crippen LogP contribution in [0.5, 0.6) is 0 Å². The van der Waals surface area contributed by atoms with Gasteiger partial charge in [-0.15, -0.1) is 0 Å². The Morgan fingerprint density at radius 3 is 2.36 bits per heavy atom. The van der Waals surface area contributed by atoms with Gasteiger partial charge in [0.25, 0.3) is 0 Å². The fourth-order valence-corrected chi connectivity index (χ4v) is 4.31. The Labute approximate surface area is 171 Å². The first-order valence-corrected chi connectivity index (χ1v) is 10.7. The largest absolute Gasteiger partial charge is 0.339 e. The Kier molecular flexibility index (Phi) is 7.68. The topological polar surface area (TPSA) is 40.6 Å². The monoisotopic (exact) mass is 386 g/mol. The van der Waals surface area contributed by atoms with Crippen LogP contribution in [0.4, 0.5) is 0 Å². The van der Waals surface area contributed by atoms with Crippen molar-refractivity contribution in [2.75, 3.05) is 13.6 Å². The maximum Gasteiger partial charge on any atom is 0.245 e. The highest BCUT2D eigenvalue weighted by atomic mass is 16.2. The standard InChI is InChI=1S/C24H38N2O2/c1-8-9-10-11-18(6)20-14-21(20)23(27)26-15-19(12-16(2)3)25(7)24(28)22(26)13-17(4)5/h8-11,16-17,19-22H,1,12-15H2,2-7H3/b10-9-,18-11+/t19?,20-,21+,22-/m0/s1. The highest BCUT2D eigenvalue weighted by Gasteiger charge is 2.50. The van der Waals surface area contributed by atoms with E-state index >= 15 is 0 Å². The lowest BCUT2D eigenvalue weighted by atomic mass is 9.93. The van der Waals surface area contributed by atoms with E-state index in [0.717, 1.165) is 19.3 Å². The van der Waals surface area contributed by atoms with E-state index in [2.05, 4.69) is 47.3 Å². The molecule has 0 N–H and O–H groups in total. The molecule has 4 nitrogen and oxygen atoms in total. The molecule has 0 bridgehead atoms. The first-order valence-electron chi connectivity index (χ1n) is 10.7. The number of amides is 2. The van der Waals surface area contributed by atoms with E-state index in [4.69, 9.17) is 0 Å². The summed E-state index contributed by atoms with van der Waals surface area (Å²) in [7, 11) is 1.91. The number of carbonyl (C=O) groups is 2. The first-order chi connectivity index (χ1) is 13.2. The number of allylic oxidation sites excluding steroid dienone is 5. The minimum atomic E-state index is -0.313. The maximum atomic E-state index is 13.4. The van der Waals surface area contributed by atoms with Gasteiger partial charge in [-0.1, -0.05) is 64.2 Å². The third kappa shape index (κ3) is 5.36. The van der Waals surface area contributed by atoms with Crippen LogP contribution in [-0.2, 0) is 9.59 Å². The molecular weight excluding hydrogens is 348 g/mol. The summed E-state index contributed by atoms with van der Waals surface area (Å²) in [5.74, 6) is 1.48. The number of hydrogen-bond acceptors (Lipinski definition) is 2. The molecule has 1 unspecified atom stereocenters. The molecule has 1 heterocycles. The van der Waals surface area contributed by atoms with Gasteiger partial charge in [0.2, 0.25) is 11.8 Å². The van der Waals surface area contributed by atoms with E-state index in [1.54, 1.807) is 6.08 Å². The molecule has 2 fully saturated rings. The lowest BCUT2D eigenvalue weighted by Crippen LogP contribution is -2.62. The SMILES string of the molecule is C=C/C=C\C=C(/C)[C@@H]1C[C@H]1C(=O)N1CC(CC(C)C)N(C)C(=O)[C@@H]1CC(C)C. The summed E-state index contributed by atoms with van der Waals surface area (Å²) >= 11 is 0. The lowest BCUT2D eigenvalue weighted by Gasteiger charge is -2.45. The molecule has 0 aromatic carbocycles. The van der Waals surface area contributed by atoms with Crippen molar-refractivity contribution in [2.45, 2.75) is 66.0 Å². The molecule has 0 spiro atoms. The second kappa shape index (κ2) is 9.58. The van der Waals surface area contributed by atoms with E-state index in [1.807, 2.05) is 29.0 Å². The zero-order valence-electron chi connectivity index (χ0n) is 18.5. The highest BCUT2D eigenvalue weighted by molar-refractivity contribution is 5.91. The number of piperazine rings is 1. The predicted octanol–water partition coefficient (Wildman–Crippen LogP) is 4.44. The van der Waals surface area contributed by atoms with Crippen LogP contribution in [0.25, 0.3) is 0 Å². The minimum Gasteiger partial charge on any atom is -0.339 e. The number of likely N-dealkylation sites (N-methyl/N-ethyl adjacent to an activating group) is 1. The molecule has 0 aromatic rings. The van der Waals surface area contributed by atoms with Gasteiger partial charge >= 0.3 is 0 Å². The van der Waals surface area contributed by atoms with Gasteiger partial charge in [0.15, 0.2) is 0 Å². The smallest absolute Gasteiger partial charge is 0.245 e. The van der Waals surface area contributed by atoms with Gasteiger partial charge in [-0.2, -0.15) is 0 Å². The zero-order valence-corrected chi connectivity index (χ0v) is 18.5. The summed E-state index contributed by atoms with van der Waals surface area (Å²) in [6, 6.07) is -0.198. The molecular formula is C24H38N2O2. The van der Waals surface area contributed by atoms with Crippen molar-refractivity contribution >= 4 is 11.8 Å². The van der Waals surface area contributed by atoms with Crippen molar-refractivity contribution in [1.29, 1.82) is 0 Å². The fourth-order valence-electron chi connectivity index (χ4n) is 4.31. The van der Waals surface area contributed by atoms with Crippen molar-refractivity contribution in [3.8, 4) is 0 Å². The Bertz CT molecular complexity index is 647. The van der Waals surface area contributed by atoms with Gasteiger partial charge in [-0.3, -0.25) is 9.59 Å². The van der Waals surface area contributed by atoms with Crippen molar-refractivity contribution in [3.05, 3.63) is 36.5 Å². The molecule has 1 saturated carbocycles. The van der Waals surface area contributed by atoms with Gasteiger partial charge in [-0.05, 0) is 43.9 Å². The Morgan fingerprint density at radius 2 is 1.79 bits per heavy atom. The lowest BCUT2D eigenvalue weighted by molar-refractivity contribution is -0.156. The third-order valence-corrected chi connectivity index (χ3v) is 5.98. The fraction of sp³-hybridized carbons (Fsp3) is 0.667. The number of nitrogens with zero attached hydrogens (tertiary/aromatic N) is 2. The van der Waals surface area contributed by atoms with Gasteiger partial charge in [0.1, 0.15) is 6.04 Å². The van der Waals surface area contributed by atoms with Crippen LogP contribution in [0.1, 0.15) is 53.9 Å². The van der Waals surface area contributed by atoms with Crippen molar-refractivity contribution in [1.82, 2.24) is 9.80 Å². The average Bonchev–Trinajstić information content (AvgIpc) is 3.41. The van der Waals surface area contributed by atoms with E-state index in [1.165, 1.54) is 5.57 Å². The summed E-state index contributed by atoms with van der Waals surface area (Å²) in [5.41, 5.74) is 1.23. The van der Waals surface area contributed by atoms with E-state index in [0.29, 0.717) is 24.3 Å². The van der Waals surface area contributed by atoms with Crippen molar-refractivity contribution in [2.24, 2.45) is 23.7 Å². The van der Waals surface area contributed by atoms with Crippen molar-refractivity contribution in [3.63, 3.8) is 0 Å². The molecule has 1 aliphatic carbocycles. The molecule has 4 heteroatoms.